The van der Waals surface area contributed by atoms with Crippen molar-refractivity contribution in [1.82, 2.24) is 25.3 Å². The first-order chi connectivity index (χ1) is 18.8. The molecule has 5 rings (SSSR count). The maximum absolute atomic E-state index is 13.6. The molecule has 1 aromatic heterocycles. The lowest BCUT2D eigenvalue weighted by Crippen LogP contribution is -2.49. The van der Waals surface area contributed by atoms with Crippen molar-refractivity contribution in [2.24, 2.45) is 11.7 Å². The monoisotopic (exact) mass is 535 g/mol. The number of piperidine rings is 1. The zero-order chi connectivity index (χ0) is 27.5. The Morgan fingerprint density at radius 3 is 2.49 bits per heavy atom. The zero-order valence-corrected chi connectivity index (χ0v) is 22.0. The first-order valence-corrected chi connectivity index (χ1v) is 13.2. The Hall–Kier alpha value is -3.96. The number of benzene rings is 2. The maximum Gasteiger partial charge on any atom is 0.255 e. The second-order valence-electron chi connectivity index (χ2n) is 10.2. The predicted molar refractivity (Wildman–Crippen MR) is 146 cm³/mol. The molecule has 2 saturated heterocycles. The highest BCUT2D eigenvalue weighted by Gasteiger charge is 2.29. The molecule has 0 spiro atoms. The van der Waals surface area contributed by atoms with E-state index in [1.807, 2.05) is 24.3 Å². The summed E-state index contributed by atoms with van der Waals surface area (Å²) in [4.78, 5) is 27.5. The highest BCUT2D eigenvalue weighted by molar-refractivity contribution is 6.03. The molecule has 2 amide bonds. The van der Waals surface area contributed by atoms with E-state index < -0.39 is 17.6 Å². The van der Waals surface area contributed by atoms with E-state index in [1.165, 1.54) is 19.2 Å². The number of amides is 2. The van der Waals surface area contributed by atoms with Crippen molar-refractivity contribution in [2.45, 2.75) is 25.4 Å². The van der Waals surface area contributed by atoms with Gasteiger partial charge in [0.1, 0.15) is 28.6 Å². The summed E-state index contributed by atoms with van der Waals surface area (Å²) in [6.07, 6.45) is 1.80. The van der Waals surface area contributed by atoms with Crippen molar-refractivity contribution in [2.75, 3.05) is 45.6 Å². The van der Waals surface area contributed by atoms with E-state index in [1.54, 1.807) is 4.68 Å². The topological polar surface area (TPSA) is 141 Å². The van der Waals surface area contributed by atoms with Crippen molar-refractivity contribution < 1.29 is 18.7 Å². The molecular formula is C28H34FN7O3. The third-order valence-electron chi connectivity index (χ3n) is 7.57. The summed E-state index contributed by atoms with van der Waals surface area (Å²) < 4.78 is 20.6. The van der Waals surface area contributed by atoms with Gasteiger partial charge in [0.25, 0.3) is 11.8 Å². The van der Waals surface area contributed by atoms with E-state index >= 15 is 0 Å². The molecule has 39 heavy (non-hydrogen) atoms. The summed E-state index contributed by atoms with van der Waals surface area (Å²) in [5, 5.41) is 10.8. The van der Waals surface area contributed by atoms with E-state index in [9.17, 15) is 14.0 Å². The molecule has 2 aromatic carbocycles. The number of nitrogens with two attached hydrogens (primary N) is 2. The molecule has 0 bridgehead atoms. The molecule has 0 aliphatic carbocycles. The van der Waals surface area contributed by atoms with E-state index in [0.29, 0.717) is 17.1 Å². The number of anilines is 1. The van der Waals surface area contributed by atoms with E-state index in [0.717, 1.165) is 63.1 Å². The van der Waals surface area contributed by atoms with Crippen molar-refractivity contribution in [3.63, 3.8) is 0 Å². The third kappa shape index (κ3) is 5.74. The molecule has 0 saturated carbocycles. The van der Waals surface area contributed by atoms with Crippen LogP contribution in [-0.2, 0) is 6.54 Å². The minimum atomic E-state index is -0.621. The van der Waals surface area contributed by atoms with Gasteiger partial charge in [0.2, 0.25) is 0 Å². The number of nitrogen functional groups attached to an aromatic ring is 1. The van der Waals surface area contributed by atoms with Crippen molar-refractivity contribution in [3.8, 4) is 17.0 Å². The molecule has 2 aliphatic heterocycles. The van der Waals surface area contributed by atoms with Crippen LogP contribution < -0.4 is 26.8 Å². The lowest BCUT2D eigenvalue weighted by atomic mass is 9.99. The molecule has 0 unspecified atom stereocenters. The molecular weight excluding hydrogens is 501 g/mol. The Morgan fingerprint density at radius 2 is 1.87 bits per heavy atom. The van der Waals surface area contributed by atoms with E-state index in [-0.39, 0.29) is 29.5 Å². The Labute approximate surface area is 226 Å². The summed E-state index contributed by atoms with van der Waals surface area (Å²) in [5.74, 6) is -0.287. The zero-order valence-electron chi connectivity index (χ0n) is 22.0. The van der Waals surface area contributed by atoms with Gasteiger partial charge in [-0.3, -0.25) is 9.59 Å². The van der Waals surface area contributed by atoms with Crippen LogP contribution in [0.5, 0.6) is 5.75 Å². The van der Waals surface area contributed by atoms with Crippen LogP contribution in [0.1, 0.15) is 45.2 Å². The van der Waals surface area contributed by atoms with E-state index in [2.05, 4.69) is 15.5 Å². The molecule has 11 heteroatoms. The Bertz CT molecular complexity index is 1350. The van der Waals surface area contributed by atoms with Crippen LogP contribution in [0.4, 0.5) is 10.2 Å². The number of likely N-dealkylation sites (tertiary alicyclic amines) is 1. The quantitative estimate of drug-likeness (QED) is 0.329. The standard InChI is InChI=1S/C28H34FN7O3/c1-39-23-7-6-20(29)12-22(23)28(38)33-15-17-2-4-19(5-3-17)25-24(27(31)37)26(30)36(34-25)21-8-10-35(11-9-21)16-18-13-32-14-18/h2-7,12,18,21,32H,8-11,13-16,30H2,1H3,(H2,31,37)(H,33,38). The van der Waals surface area contributed by atoms with Crippen LogP contribution in [-0.4, -0.2) is 66.3 Å². The van der Waals surface area contributed by atoms with Gasteiger partial charge >= 0.3 is 0 Å². The molecule has 0 atom stereocenters. The number of aromatic nitrogens is 2. The van der Waals surface area contributed by atoms with Gasteiger partial charge in [-0.2, -0.15) is 5.10 Å². The fourth-order valence-electron chi connectivity index (χ4n) is 5.28. The van der Waals surface area contributed by atoms with Gasteiger partial charge < -0.3 is 31.7 Å². The number of ether oxygens (including phenoxy) is 1. The molecule has 0 radical (unpaired) electrons. The summed E-state index contributed by atoms with van der Waals surface area (Å²) in [7, 11) is 1.42. The van der Waals surface area contributed by atoms with Gasteiger partial charge in [-0.15, -0.1) is 0 Å². The van der Waals surface area contributed by atoms with Gasteiger partial charge in [0.05, 0.1) is 18.7 Å². The van der Waals surface area contributed by atoms with Crippen LogP contribution in [0.15, 0.2) is 42.5 Å². The van der Waals surface area contributed by atoms with Crippen LogP contribution in [0, 0.1) is 11.7 Å². The SMILES string of the molecule is COc1ccc(F)cc1C(=O)NCc1ccc(-c2nn(C3CCN(CC4CNC4)CC3)c(N)c2C(N)=O)cc1. The Morgan fingerprint density at radius 1 is 1.15 bits per heavy atom. The smallest absolute Gasteiger partial charge is 0.255 e. The Kier molecular flexibility index (Phi) is 7.80. The number of halogens is 1. The number of rotatable bonds is 9. The van der Waals surface area contributed by atoms with Crippen LogP contribution in [0.2, 0.25) is 0 Å². The van der Waals surface area contributed by atoms with Crippen molar-refractivity contribution in [3.05, 3.63) is 65.0 Å². The van der Waals surface area contributed by atoms with Gasteiger partial charge in [-0.05, 0) is 42.5 Å². The number of carbonyl (C=O) groups is 2. The van der Waals surface area contributed by atoms with Crippen LogP contribution in [0.25, 0.3) is 11.3 Å². The molecule has 6 N–H and O–H groups in total. The van der Waals surface area contributed by atoms with Crippen molar-refractivity contribution >= 4 is 17.6 Å². The van der Waals surface area contributed by atoms with Crippen LogP contribution in [0.3, 0.4) is 0 Å². The second kappa shape index (κ2) is 11.4. The number of hydrogen-bond acceptors (Lipinski definition) is 7. The molecule has 2 aliphatic rings. The van der Waals surface area contributed by atoms with Gasteiger partial charge in [0.15, 0.2) is 0 Å². The predicted octanol–water partition coefficient (Wildman–Crippen LogP) is 2.17. The number of primary amides is 1. The van der Waals surface area contributed by atoms with E-state index in [4.69, 9.17) is 21.3 Å². The maximum atomic E-state index is 13.6. The number of hydrogen-bond donors (Lipinski definition) is 4. The highest BCUT2D eigenvalue weighted by atomic mass is 19.1. The van der Waals surface area contributed by atoms with Gasteiger partial charge in [-0.25, -0.2) is 9.07 Å². The van der Waals surface area contributed by atoms with Gasteiger partial charge in [0, 0.05) is 44.8 Å². The number of carbonyl (C=O) groups excluding carboxylic acids is 2. The summed E-state index contributed by atoms with van der Waals surface area (Å²) in [6.45, 7) is 5.42. The minimum absolute atomic E-state index is 0.0990. The summed E-state index contributed by atoms with van der Waals surface area (Å²) in [5.41, 5.74) is 14.4. The Balaban J connectivity index is 1.27. The lowest BCUT2D eigenvalue weighted by molar-refractivity contribution is 0.0946. The average Bonchev–Trinajstić information content (AvgIpc) is 3.27. The van der Waals surface area contributed by atoms with Gasteiger partial charge in [-0.1, -0.05) is 24.3 Å². The largest absolute Gasteiger partial charge is 0.496 e. The minimum Gasteiger partial charge on any atom is -0.496 e. The third-order valence-corrected chi connectivity index (χ3v) is 7.57. The summed E-state index contributed by atoms with van der Waals surface area (Å²) >= 11 is 0. The fourth-order valence-corrected chi connectivity index (χ4v) is 5.28. The highest BCUT2D eigenvalue weighted by Crippen LogP contribution is 2.33. The molecule has 3 aromatic rings. The lowest BCUT2D eigenvalue weighted by Gasteiger charge is -2.37. The molecule has 3 heterocycles. The normalized spacial score (nSPS) is 16.6. The first-order valence-electron chi connectivity index (χ1n) is 13.2. The number of methoxy groups -OCH3 is 1. The number of nitrogens with one attached hydrogen (secondary N) is 2. The van der Waals surface area contributed by atoms with Crippen LogP contribution >= 0.6 is 0 Å². The molecule has 2 fully saturated rings. The first kappa shape index (κ1) is 26.6. The van der Waals surface area contributed by atoms with Crippen molar-refractivity contribution in [1.29, 1.82) is 0 Å². The molecule has 206 valence electrons. The second-order valence-corrected chi connectivity index (χ2v) is 10.2. The fraction of sp³-hybridized carbons (Fsp3) is 0.393. The summed E-state index contributed by atoms with van der Waals surface area (Å²) in [6, 6.07) is 11.2. The number of nitrogens with zero attached hydrogens (tertiary/aromatic N) is 3. The average molecular weight is 536 g/mol. The molecule has 10 nitrogen and oxygen atoms in total.